The highest BCUT2D eigenvalue weighted by atomic mass is 32.2. The van der Waals surface area contributed by atoms with Crippen molar-refractivity contribution in [2.24, 2.45) is 5.73 Å². The van der Waals surface area contributed by atoms with Crippen LogP contribution in [0.4, 0.5) is 20.2 Å². The Kier molecular flexibility index (Phi) is 4.86. The number of benzene rings is 1. The van der Waals surface area contributed by atoms with Crippen LogP contribution in [0.2, 0.25) is 0 Å². The minimum atomic E-state index is -2.46. The smallest absolute Gasteiger partial charge is 0.288 e. The zero-order valence-electron chi connectivity index (χ0n) is 10.2. The number of nitrogens with one attached hydrogen (secondary N) is 1. The molecule has 0 saturated heterocycles. The molecule has 0 fully saturated rings. The summed E-state index contributed by atoms with van der Waals surface area (Å²) in [6, 6.07) is 10.3. The van der Waals surface area contributed by atoms with Crippen molar-refractivity contribution in [2.75, 3.05) is 5.32 Å². The van der Waals surface area contributed by atoms with Gasteiger partial charge < -0.3 is 11.1 Å². The molecule has 3 N–H and O–H groups in total. The van der Waals surface area contributed by atoms with Crippen LogP contribution in [-0.4, -0.2) is 15.7 Å². The maximum Gasteiger partial charge on any atom is 0.288 e. The third-order valence-electron chi connectivity index (χ3n) is 2.40. The molecule has 0 saturated carbocycles. The molecule has 0 bridgehead atoms. The van der Waals surface area contributed by atoms with Crippen molar-refractivity contribution < 1.29 is 8.78 Å². The number of pyridine rings is 1. The predicted octanol–water partition coefficient (Wildman–Crippen LogP) is 3.77. The fraction of sp³-hybridized carbons (Fsp3) is 0.0769. The molecule has 0 radical (unpaired) electrons. The molecule has 1 heterocycles. The molecular weight excluding hydrogens is 300 g/mol. The lowest BCUT2D eigenvalue weighted by Gasteiger charge is -2.11. The van der Waals surface area contributed by atoms with Crippen LogP contribution in [0.3, 0.4) is 0 Å². The second-order valence-corrected chi connectivity index (χ2v) is 5.27. The first-order chi connectivity index (χ1) is 9.56. The van der Waals surface area contributed by atoms with E-state index in [0.717, 1.165) is 0 Å². The van der Waals surface area contributed by atoms with E-state index < -0.39 is 5.76 Å². The first-order valence-electron chi connectivity index (χ1n) is 5.63. The van der Waals surface area contributed by atoms with Gasteiger partial charge in [-0.1, -0.05) is 36.1 Å². The number of alkyl halides is 2. The van der Waals surface area contributed by atoms with E-state index in [0.29, 0.717) is 33.7 Å². The van der Waals surface area contributed by atoms with Gasteiger partial charge in [-0.15, -0.1) is 0 Å². The number of rotatable bonds is 5. The van der Waals surface area contributed by atoms with Crippen LogP contribution >= 0.6 is 24.0 Å². The zero-order chi connectivity index (χ0) is 14.5. The molecule has 3 nitrogen and oxygen atoms in total. The Morgan fingerprint density at radius 3 is 2.60 bits per heavy atom. The molecule has 1 aromatic carbocycles. The largest absolute Gasteiger partial charge is 0.388 e. The number of thioether (sulfide) groups is 1. The van der Waals surface area contributed by atoms with Gasteiger partial charge in [0.1, 0.15) is 4.99 Å². The molecule has 2 rings (SSSR count). The minimum absolute atomic E-state index is 0.213. The van der Waals surface area contributed by atoms with Gasteiger partial charge in [0.15, 0.2) is 0 Å². The molecule has 0 aliphatic carbocycles. The molecule has 1 aromatic heterocycles. The molecule has 0 unspecified atom stereocenters. The number of para-hydroxylation sites is 1. The summed E-state index contributed by atoms with van der Waals surface area (Å²) < 4.78 is 25.0. The van der Waals surface area contributed by atoms with E-state index in [-0.39, 0.29) is 4.99 Å². The van der Waals surface area contributed by atoms with E-state index in [1.807, 2.05) is 0 Å². The second-order valence-electron chi connectivity index (χ2n) is 3.80. The van der Waals surface area contributed by atoms with Gasteiger partial charge in [0, 0.05) is 4.90 Å². The summed E-state index contributed by atoms with van der Waals surface area (Å²) in [5.41, 5.74) is 7.24. The number of aromatic nitrogens is 1. The third-order valence-corrected chi connectivity index (χ3v) is 3.40. The van der Waals surface area contributed by atoms with Crippen molar-refractivity contribution in [3.8, 4) is 0 Å². The van der Waals surface area contributed by atoms with E-state index in [9.17, 15) is 8.78 Å². The van der Waals surface area contributed by atoms with Gasteiger partial charge in [0.25, 0.3) is 5.76 Å². The summed E-state index contributed by atoms with van der Waals surface area (Å²) >= 11 is 5.31. The summed E-state index contributed by atoms with van der Waals surface area (Å²) in [7, 11) is 0. The van der Waals surface area contributed by atoms with Crippen LogP contribution in [-0.2, 0) is 0 Å². The van der Waals surface area contributed by atoms with Crippen LogP contribution in [0, 0.1) is 0 Å². The number of anilines is 2. The van der Waals surface area contributed by atoms with Gasteiger partial charge in [-0.3, -0.25) is 4.98 Å². The van der Waals surface area contributed by atoms with Gasteiger partial charge in [-0.05, 0) is 24.3 Å². The molecular formula is C13H11F2N3S2. The van der Waals surface area contributed by atoms with Crippen molar-refractivity contribution in [3.63, 3.8) is 0 Å². The first-order valence-corrected chi connectivity index (χ1v) is 6.92. The Balaban J connectivity index is 2.19. The van der Waals surface area contributed by atoms with Crippen LogP contribution in [0.25, 0.3) is 0 Å². The number of nitrogens with zero attached hydrogens (tertiary/aromatic N) is 1. The summed E-state index contributed by atoms with van der Waals surface area (Å²) in [5.74, 6) is -2.46. The SMILES string of the molecule is NC(=S)c1ccc(Nc2ccccc2SC(F)F)cn1. The number of hydrogen-bond donors (Lipinski definition) is 2. The van der Waals surface area contributed by atoms with E-state index in [1.54, 1.807) is 42.6 Å². The third kappa shape index (κ3) is 3.88. The average molecular weight is 311 g/mol. The van der Waals surface area contributed by atoms with Crippen molar-refractivity contribution in [1.82, 2.24) is 4.98 Å². The van der Waals surface area contributed by atoms with Gasteiger partial charge in [-0.25, -0.2) is 0 Å². The van der Waals surface area contributed by atoms with Crippen LogP contribution < -0.4 is 11.1 Å². The van der Waals surface area contributed by atoms with Crippen molar-refractivity contribution in [1.29, 1.82) is 0 Å². The molecule has 0 aliphatic heterocycles. The summed E-state index contributed by atoms with van der Waals surface area (Å²) in [4.78, 5) is 4.77. The Bertz CT molecular complexity index is 603. The second kappa shape index (κ2) is 6.62. The highest BCUT2D eigenvalue weighted by molar-refractivity contribution is 7.99. The van der Waals surface area contributed by atoms with Crippen molar-refractivity contribution >= 4 is 40.3 Å². The van der Waals surface area contributed by atoms with Crippen molar-refractivity contribution in [3.05, 3.63) is 48.3 Å². The lowest BCUT2D eigenvalue weighted by Crippen LogP contribution is -2.11. The fourth-order valence-corrected chi connectivity index (χ4v) is 2.25. The first kappa shape index (κ1) is 14.7. The van der Waals surface area contributed by atoms with E-state index in [4.69, 9.17) is 18.0 Å². The topological polar surface area (TPSA) is 50.9 Å². The van der Waals surface area contributed by atoms with Crippen molar-refractivity contribution in [2.45, 2.75) is 10.7 Å². The molecule has 0 atom stereocenters. The molecule has 0 amide bonds. The Morgan fingerprint density at radius 1 is 1.25 bits per heavy atom. The van der Waals surface area contributed by atoms with Gasteiger partial charge in [0.2, 0.25) is 0 Å². The summed E-state index contributed by atoms with van der Waals surface area (Å²) in [6.45, 7) is 0. The number of nitrogens with two attached hydrogens (primary N) is 1. The Morgan fingerprint density at radius 2 is 2.00 bits per heavy atom. The van der Waals surface area contributed by atoms with E-state index in [1.165, 1.54) is 0 Å². The molecule has 20 heavy (non-hydrogen) atoms. The molecule has 2 aromatic rings. The minimum Gasteiger partial charge on any atom is -0.388 e. The predicted molar refractivity (Wildman–Crippen MR) is 81.7 cm³/mol. The van der Waals surface area contributed by atoms with Crippen LogP contribution in [0.15, 0.2) is 47.5 Å². The van der Waals surface area contributed by atoms with Gasteiger partial charge >= 0.3 is 0 Å². The molecule has 104 valence electrons. The fourth-order valence-electron chi connectivity index (χ4n) is 1.54. The summed E-state index contributed by atoms with van der Waals surface area (Å²) in [6.07, 6.45) is 1.55. The lowest BCUT2D eigenvalue weighted by atomic mass is 10.3. The Hall–Kier alpha value is -1.73. The van der Waals surface area contributed by atoms with Gasteiger partial charge in [0.05, 0.1) is 23.3 Å². The molecule has 0 spiro atoms. The monoisotopic (exact) mass is 311 g/mol. The maximum atomic E-state index is 12.5. The Labute approximate surface area is 124 Å². The average Bonchev–Trinajstić information content (AvgIpc) is 2.41. The highest BCUT2D eigenvalue weighted by Crippen LogP contribution is 2.33. The highest BCUT2D eigenvalue weighted by Gasteiger charge is 2.09. The maximum absolute atomic E-state index is 12.5. The molecule has 7 heteroatoms. The number of thiocarbonyl (C=S) groups is 1. The normalized spacial score (nSPS) is 10.6. The van der Waals surface area contributed by atoms with Gasteiger partial charge in [-0.2, -0.15) is 8.78 Å². The quantitative estimate of drug-likeness (QED) is 0.650. The lowest BCUT2D eigenvalue weighted by molar-refractivity contribution is 0.252. The van der Waals surface area contributed by atoms with Crippen LogP contribution in [0.1, 0.15) is 5.69 Å². The molecule has 0 aliphatic rings. The van der Waals surface area contributed by atoms with E-state index >= 15 is 0 Å². The van der Waals surface area contributed by atoms with Crippen LogP contribution in [0.5, 0.6) is 0 Å². The summed E-state index contributed by atoms with van der Waals surface area (Å²) in [5, 5.41) is 3.04. The number of halogens is 2. The zero-order valence-corrected chi connectivity index (χ0v) is 11.8. The number of hydrogen-bond acceptors (Lipinski definition) is 4. The standard InChI is InChI=1S/C13H11F2N3S2/c14-13(15)20-11-4-2-1-3-9(11)18-8-5-6-10(12(16)19)17-7-8/h1-7,13,18H,(H2,16,19). The van der Waals surface area contributed by atoms with E-state index in [2.05, 4.69) is 10.3 Å².